The Balaban J connectivity index is 2.13. The topological polar surface area (TPSA) is 97.4 Å². The average molecular weight is 540 g/mol. The number of ether oxygens (including phenoxy) is 2. The number of likely N-dealkylation sites (tertiary alicyclic amines) is 1. The number of methoxy groups -OCH3 is 2. The molecule has 0 radical (unpaired) electrons. The normalized spacial score (nSPS) is 23.3. The minimum atomic E-state index is -0.737. The van der Waals surface area contributed by atoms with Crippen LogP contribution in [0.4, 0.5) is 0 Å². The van der Waals surface area contributed by atoms with Gasteiger partial charge >= 0.3 is 0 Å². The Morgan fingerprint density at radius 2 is 1.71 bits per heavy atom. The SMILES string of the molecule is CC[C@H](C)[C@H](C)[C@@H](CC(=O)N1CCC[C@H]1[C@H](OC)[C@@H](C)C(=O)N[C@H](C(=O)N1CCCCO1)C(C)(C)C)OC. The van der Waals surface area contributed by atoms with Crippen molar-refractivity contribution in [1.82, 2.24) is 15.3 Å². The van der Waals surface area contributed by atoms with Gasteiger partial charge in [-0.25, -0.2) is 5.06 Å². The summed E-state index contributed by atoms with van der Waals surface area (Å²) < 4.78 is 11.6. The third-order valence-electron chi connectivity index (χ3n) is 8.63. The van der Waals surface area contributed by atoms with E-state index in [0.29, 0.717) is 32.0 Å². The van der Waals surface area contributed by atoms with Crippen LogP contribution in [0.5, 0.6) is 0 Å². The highest BCUT2D eigenvalue weighted by atomic mass is 16.7. The van der Waals surface area contributed by atoms with Gasteiger partial charge in [-0.2, -0.15) is 0 Å². The second kappa shape index (κ2) is 14.6. The second-order valence-electron chi connectivity index (χ2n) is 12.3. The summed E-state index contributed by atoms with van der Waals surface area (Å²) >= 11 is 0. The number of nitrogens with one attached hydrogen (secondary N) is 1. The molecule has 2 rings (SSSR count). The molecule has 0 aliphatic carbocycles. The van der Waals surface area contributed by atoms with E-state index < -0.39 is 23.5 Å². The van der Waals surface area contributed by atoms with E-state index in [4.69, 9.17) is 14.3 Å². The highest BCUT2D eigenvalue weighted by Gasteiger charge is 2.43. The standard InChI is InChI=1S/C29H53N3O6/c1-10-19(2)20(3)23(36-8)18-24(33)31-15-13-14-22(31)25(37-9)21(4)27(34)30-26(29(5,6)7)28(35)32-16-11-12-17-38-32/h19-23,25-26H,10-18H2,1-9H3,(H,30,34)/t19-,20-,21+,22-,23+,25+,26+/m0/s1. The molecule has 220 valence electrons. The van der Waals surface area contributed by atoms with Gasteiger partial charge in [-0.05, 0) is 42.9 Å². The maximum atomic E-state index is 13.5. The van der Waals surface area contributed by atoms with Crippen LogP contribution in [0.2, 0.25) is 0 Å². The van der Waals surface area contributed by atoms with Crippen molar-refractivity contribution in [3.05, 3.63) is 0 Å². The van der Waals surface area contributed by atoms with Crippen molar-refractivity contribution in [1.29, 1.82) is 0 Å². The summed E-state index contributed by atoms with van der Waals surface area (Å²) in [4.78, 5) is 47.7. The minimum absolute atomic E-state index is 0.0363. The fraction of sp³-hybridized carbons (Fsp3) is 0.897. The monoisotopic (exact) mass is 539 g/mol. The number of carbonyl (C=O) groups is 3. The zero-order valence-electron chi connectivity index (χ0n) is 25.2. The summed E-state index contributed by atoms with van der Waals surface area (Å²) in [6.07, 6.45) is 4.12. The summed E-state index contributed by atoms with van der Waals surface area (Å²) in [5.74, 6) is -0.309. The van der Waals surface area contributed by atoms with E-state index in [1.807, 2.05) is 32.6 Å². The van der Waals surface area contributed by atoms with E-state index in [1.54, 1.807) is 14.2 Å². The first-order chi connectivity index (χ1) is 17.9. The van der Waals surface area contributed by atoms with Crippen LogP contribution < -0.4 is 5.32 Å². The van der Waals surface area contributed by atoms with Crippen LogP contribution in [0, 0.1) is 23.2 Å². The predicted molar refractivity (Wildman–Crippen MR) is 147 cm³/mol. The molecule has 2 aliphatic rings. The lowest BCUT2D eigenvalue weighted by Gasteiger charge is -2.38. The highest BCUT2D eigenvalue weighted by molar-refractivity contribution is 5.89. The Morgan fingerprint density at radius 1 is 1.03 bits per heavy atom. The van der Waals surface area contributed by atoms with Crippen LogP contribution in [0.15, 0.2) is 0 Å². The Hall–Kier alpha value is -1.71. The van der Waals surface area contributed by atoms with E-state index in [9.17, 15) is 14.4 Å². The molecule has 9 heteroatoms. The fourth-order valence-corrected chi connectivity index (χ4v) is 5.64. The van der Waals surface area contributed by atoms with Crippen molar-refractivity contribution in [2.45, 2.75) is 111 Å². The van der Waals surface area contributed by atoms with E-state index in [1.165, 1.54) is 5.06 Å². The summed E-state index contributed by atoms with van der Waals surface area (Å²) in [7, 11) is 3.26. The van der Waals surface area contributed by atoms with Crippen LogP contribution in [0.1, 0.15) is 87.0 Å². The quantitative estimate of drug-likeness (QED) is 0.405. The Kier molecular flexibility index (Phi) is 12.5. The number of amides is 3. The number of nitrogens with zero attached hydrogens (tertiary/aromatic N) is 2. The molecule has 7 atom stereocenters. The average Bonchev–Trinajstić information content (AvgIpc) is 3.38. The summed E-state index contributed by atoms with van der Waals surface area (Å²) in [5, 5.41) is 4.39. The van der Waals surface area contributed by atoms with E-state index >= 15 is 0 Å². The molecule has 3 amide bonds. The molecule has 2 aliphatic heterocycles. The fourth-order valence-electron chi connectivity index (χ4n) is 5.64. The molecule has 2 fully saturated rings. The van der Waals surface area contributed by atoms with Crippen LogP contribution in [-0.4, -0.2) is 85.9 Å². The van der Waals surface area contributed by atoms with Crippen molar-refractivity contribution in [3.8, 4) is 0 Å². The van der Waals surface area contributed by atoms with Gasteiger partial charge < -0.3 is 19.7 Å². The molecule has 0 saturated carbocycles. The molecule has 0 bridgehead atoms. The smallest absolute Gasteiger partial charge is 0.269 e. The lowest BCUT2D eigenvalue weighted by molar-refractivity contribution is -0.201. The molecule has 9 nitrogen and oxygen atoms in total. The van der Waals surface area contributed by atoms with Crippen molar-refractivity contribution in [3.63, 3.8) is 0 Å². The molecule has 0 aromatic rings. The maximum Gasteiger partial charge on any atom is 0.269 e. The molecular weight excluding hydrogens is 486 g/mol. The van der Waals surface area contributed by atoms with Crippen molar-refractivity contribution in [2.24, 2.45) is 23.2 Å². The Morgan fingerprint density at radius 3 is 2.24 bits per heavy atom. The highest BCUT2D eigenvalue weighted by Crippen LogP contribution is 2.30. The largest absolute Gasteiger partial charge is 0.381 e. The maximum absolute atomic E-state index is 13.5. The van der Waals surface area contributed by atoms with E-state index in [2.05, 4.69) is 26.1 Å². The zero-order valence-corrected chi connectivity index (χ0v) is 25.2. The van der Waals surface area contributed by atoms with Crippen LogP contribution in [0.3, 0.4) is 0 Å². The molecule has 0 aromatic heterocycles. The van der Waals surface area contributed by atoms with Crippen LogP contribution in [0.25, 0.3) is 0 Å². The van der Waals surface area contributed by atoms with E-state index in [0.717, 1.165) is 32.1 Å². The first-order valence-electron chi connectivity index (χ1n) is 14.5. The molecule has 2 heterocycles. The van der Waals surface area contributed by atoms with Gasteiger partial charge in [0.1, 0.15) is 6.04 Å². The van der Waals surface area contributed by atoms with Gasteiger partial charge in [0, 0.05) is 27.3 Å². The van der Waals surface area contributed by atoms with Gasteiger partial charge in [-0.3, -0.25) is 19.2 Å². The molecule has 2 saturated heterocycles. The number of hydrogen-bond acceptors (Lipinski definition) is 6. The van der Waals surface area contributed by atoms with Gasteiger partial charge in [0.05, 0.1) is 37.2 Å². The van der Waals surface area contributed by atoms with Crippen molar-refractivity contribution >= 4 is 17.7 Å². The Labute approximate surface area is 230 Å². The second-order valence-corrected chi connectivity index (χ2v) is 12.3. The van der Waals surface area contributed by atoms with Crippen molar-refractivity contribution in [2.75, 3.05) is 33.9 Å². The number of rotatable bonds is 12. The molecular formula is C29H53N3O6. The lowest BCUT2D eigenvalue weighted by Crippen LogP contribution is -2.58. The van der Waals surface area contributed by atoms with Crippen molar-refractivity contribution < 1.29 is 28.7 Å². The number of hydrogen-bond donors (Lipinski definition) is 1. The third kappa shape index (κ3) is 8.15. The lowest BCUT2D eigenvalue weighted by atomic mass is 9.85. The minimum Gasteiger partial charge on any atom is -0.381 e. The van der Waals surface area contributed by atoms with E-state index in [-0.39, 0.29) is 35.8 Å². The summed E-state index contributed by atoms with van der Waals surface area (Å²) in [5.41, 5.74) is -0.507. The summed E-state index contributed by atoms with van der Waals surface area (Å²) in [6.45, 7) is 15.8. The van der Waals surface area contributed by atoms with Crippen LogP contribution in [-0.2, 0) is 28.7 Å². The first kappa shape index (κ1) is 32.5. The van der Waals surface area contributed by atoms with Gasteiger partial charge in [0.2, 0.25) is 11.8 Å². The molecule has 0 spiro atoms. The van der Waals surface area contributed by atoms with Crippen LogP contribution >= 0.6 is 0 Å². The predicted octanol–water partition coefficient (Wildman–Crippen LogP) is 3.80. The van der Waals surface area contributed by atoms with Gasteiger partial charge in [0.25, 0.3) is 5.91 Å². The molecule has 38 heavy (non-hydrogen) atoms. The molecule has 1 N–H and O–H groups in total. The third-order valence-corrected chi connectivity index (χ3v) is 8.63. The number of carbonyl (C=O) groups excluding carboxylic acids is 3. The van der Waals surface area contributed by atoms with Gasteiger partial charge in [-0.1, -0.05) is 54.9 Å². The first-order valence-corrected chi connectivity index (χ1v) is 14.5. The Bertz CT molecular complexity index is 779. The number of hydroxylamine groups is 2. The van der Waals surface area contributed by atoms with Gasteiger partial charge in [-0.15, -0.1) is 0 Å². The van der Waals surface area contributed by atoms with Gasteiger partial charge in [0.15, 0.2) is 0 Å². The molecule has 0 unspecified atom stereocenters. The zero-order chi connectivity index (χ0) is 28.6. The molecule has 0 aromatic carbocycles. The summed E-state index contributed by atoms with van der Waals surface area (Å²) in [6, 6.07) is -0.947.